The maximum absolute atomic E-state index is 13.5. The summed E-state index contributed by atoms with van der Waals surface area (Å²) in [5, 5.41) is -4.61. The van der Waals surface area contributed by atoms with Crippen molar-refractivity contribution in [3.63, 3.8) is 0 Å². The number of carbonyl (C=O) groups is 1. The summed E-state index contributed by atoms with van der Waals surface area (Å²) >= 11 is 0. The summed E-state index contributed by atoms with van der Waals surface area (Å²) in [5.74, 6) is 4.23. The van der Waals surface area contributed by atoms with E-state index in [-0.39, 0.29) is 0 Å². The quantitative estimate of drug-likeness (QED) is 0.181. The molecule has 214 valence electrons. The van der Waals surface area contributed by atoms with E-state index in [1.54, 1.807) is 7.11 Å². The Morgan fingerprint density at radius 2 is 1.58 bits per heavy atom. The third-order valence-electron chi connectivity index (χ3n) is 8.31. The van der Waals surface area contributed by atoms with Gasteiger partial charge in [-0.2, -0.15) is 8.78 Å². The minimum Gasteiger partial charge on any atom is -0.743 e. The third-order valence-corrected chi connectivity index (χ3v) is 11.8. The first-order valence-corrected chi connectivity index (χ1v) is 16.3. The molecule has 1 unspecified atom stereocenters. The van der Waals surface area contributed by atoms with Gasteiger partial charge in [0.2, 0.25) is 0 Å². The van der Waals surface area contributed by atoms with Crippen LogP contribution in [0.25, 0.3) is 0 Å². The Morgan fingerprint density at radius 3 is 2.05 bits per heavy atom. The number of hydrogen-bond donors (Lipinski definition) is 0. The van der Waals surface area contributed by atoms with E-state index in [0.717, 1.165) is 31.9 Å². The van der Waals surface area contributed by atoms with Crippen molar-refractivity contribution < 1.29 is 40.8 Å². The second kappa shape index (κ2) is 12.0. The van der Waals surface area contributed by atoms with E-state index in [4.69, 9.17) is 14.2 Å². The first-order valence-electron chi connectivity index (χ1n) is 13.4. The molecule has 6 rings (SSSR count). The van der Waals surface area contributed by atoms with E-state index in [1.807, 2.05) is 0 Å². The molecule has 4 bridgehead atoms. The summed E-state index contributed by atoms with van der Waals surface area (Å²) < 4.78 is 74.1. The van der Waals surface area contributed by atoms with Crippen LogP contribution in [0.2, 0.25) is 0 Å². The summed E-state index contributed by atoms with van der Waals surface area (Å²) in [7, 11) is -3.66. The van der Waals surface area contributed by atoms with Crippen LogP contribution in [0.4, 0.5) is 8.78 Å². The molecule has 0 spiro atoms. The fourth-order valence-corrected chi connectivity index (χ4v) is 9.54. The number of methoxy groups -OCH3 is 1. The predicted molar refractivity (Wildman–Crippen MR) is 139 cm³/mol. The molecule has 0 N–H and O–H groups in total. The highest BCUT2D eigenvalue weighted by Gasteiger charge is 2.57. The highest BCUT2D eigenvalue weighted by atomic mass is 32.2. The molecule has 11 heteroatoms. The third kappa shape index (κ3) is 6.64. The summed E-state index contributed by atoms with van der Waals surface area (Å²) in [6, 6.07) is 8.60. The molecule has 5 aliphatic rings. The maximum Gasteiger partial charge on any atom is 0.369 e. The number of carbonyl (C=O) groups excluding carboxylic acids is 1. The second-order valence-electron chi connectivity index (χ2n) is 11.2. The molecular formula is C27H38F2O7S2. The van der Waals surface area contributed by atoms with Crippen molar-refractivity contribution in [3.8, 4) is 5.75 Å². The number of alkyl halides is 2. The molecule has 4 saturated carbocycles. The van der Waals surface area contributed by atoms with Gasteiger partial charge in [0.15, 0.2) is 21.1 Å². The van der Waals surface area contributed by atoms with E-state index in [0.29, 0.717) is 61.1 Å². The van der Waals surface area contributed by atoms with Gasteiger partial charge in [0.1, 0.15) is 23.9 Å². The van der Waals surface area contributed by atoms with Crippen LogP contribution in [0.15, 0.2) is 29.2 Å². The molecule has 4 aliphatic carbocycles. The Bertz CT molecular complexity index is 1020. The van der Waals surface area contributed by atoms with Crippen LogP contribution in [-0.2, 0) is 35.3 Å². The zero-order valence-electron chi connectivity index (χ0n) is 22.0. The Morgan fingerprint density at radius 1 is 1.05 bits per heavy atom. The number of rotatable bonds is 9. The van der Waals surface area contributed by atoms with Gasteiger partial charge in [-0.3, -0.25) is 4.79 Å². The van der Waals surface area contributed by atoms with Gasteiger partial charge in [0, 0.05) is 18.0 Å². The number of halogens is 2. The van der Waals surface area contributed by atoms with Gasteiger partial charge in [-0.1, -0.05) is 0 Å². The van der Waals surface area contributed by atoms with Crippen molar-refractivity contribution >= 4 is 27.0 Å². The summed E-state index contributed by atoms with van der Waals surface area (Å²) in [4.78, 5) is 13.9. The Labute approximate surface area is 227 Å². The minimum atomic E-state index is -5.86. The molecule has 1 heterocycles. The molecule has 1 aromatic carbocycles. The topological polar surface area (TPSA) is 102 Å². The average Bonchev–Trinajstić information content (AvgIpc) is 3.38. The minimum absolute atomic E-state index is 0.429. The van der Waals surface area contributed by atoms with E-state index < -0.39 is 32.9 Å². The molecule has 1 saturated heterocycles. The average molecular weight is 577 g/mol. The van der Waals surface area contributed by atoms with Gasteiger partial charge >= 0.3 is 11.2 Å². The lowest BCUT2D eigenvalue weighted by Crippen LogP contribution is -2.52. The number of hydrogen-bond acceptors (Lipinski definition) is 7. The first kappa shape index (κ1) is 29.6. The summed E-state index contributed by atoms with van der Waals surface area (Å²) in [6.45, 7) is 2.03. The van der Waals surface area contributed by atoms with Crippen LogP contribution in [0.5, 0.6) is 5.75 Å². The normalized spacial score (nSPS) is 29.4. The Hall–Kier alpha value is -1.43. The van der Waals surface area contributed by atoms with Crippen molar-refractivity contribution in [3.05, 3.63) is 24.3 Å². The van der Waals surface area contributed by atoms with E-state index in [1.165, 1.54) is 29.2 Å². The van der Waals surface area contributed by atoms with Crippen molar-refractivity contribution in [2.75, 3.05) is 31.8 Å². The van der Waals surface area contributed by atoms with Crippen molar-refractivity contribution in [1.29, 1.82) is 0 Å². The lowest BCUT2D eigenvalue weighted by molar-refractivity contribution is -0.185. The van der Waals surface area contributed by atoms with Gasteiger partial charge in [-0.25, -0.2) is 8.42 Å². The molecule has 1 aromatic rings. The van der Waals surface area contributed by atoms with E-state index in [2.05, 4.69) is 24.3 Å². The van der Waals surface area contributed by atoms with Gasteiger partial charge < -0.3 is 18.8 Å². The predicted octanol–water partition coefficient (Wildman–Crippen LogP) is 4.76. The van der Waals surface area contributed by atoms with Crippen molar-refractivity contribution in [1.82, 2.24) is 0 Å². The van der Waals surface area contributed by atoms with Gasteiger partial charge in [-0.05, 0) is 100 Å². The zero-order chi connectivity index (χ0) is 27.6. The highest BCUT2D eigenvalue weighted by molar-refractivity contribution is 7.97. The standard InChI is InChI=1S/C14H20F2O5S.C13H19O2S/c1-8(14(15,16)22(18,19)20)21-12(17)13-5-9-2-10(6-13)4-11(3-9)7-13;1-14-8-9-15-12-4-6-13(7-5-12)16-10-2-3-11-16/h8-11H,2-7H2,1H3,(H,18,19,20);4-7H,2-3,8-11H2,1H3/q;+1/p-1. The van der Waals surface area contributed by atoms with Crippen LogP contribution in [0.1, 0.15) is 58.3 Å². The molecule has 1 aliphatic heterocycles. The fraction of sp³-hybridized carbons (Fsp3) is 0.741. The lowest BCUT2D eigenvalue weighted by Gasteiger charge is -2.55. The first-order chi connectivity index (χ1) is 17.9. The van der Waals surface area contributed by atoms with Crippen molar-refractivity contribution in [2.24, 2.45) is 23.2 Å². The SMILES string of the molecule is CC(OC(=O)C12CC3CC(CC(C3)C1)C2)C(F)(F)S(=O)(=O)[O-].COCCOc1ccc([S+]2CCCC2)cc1. The number of esters is 1. The number of benzene rings is 1. The lowest BCUT2D eigenvalue weighted by atomic mass is 9.49. The highest BCUT2D eigenvalue weighted by Crippen LogP contribution is 2.60. The van der Waals surface area contributed by atoms with Gasteiger partial charge in [-0.15, -0.1) is 0 Å². The largest absolute Gasteiger partial charge is 0.743 e. The Kier molecular flexibility index (Phi) is 9.32. The monoisotopic (exact) mass is 576 g/mol. The molecule has 1 atom stereocenters. The van der Waals surface area contributed by atoms with Crippen LogP contribution < -0.4 is 4.74 Å². The van der Waals surface area contributed by atoms with Crippen LogP contribution >= 0.6 is 0 Å². The molecule has 7 nitrogen and oxygen atoms in total. The Balaban J connectivity index is 0.000000186. The molecule has 5 fully saturated rings. The molecule has 0 amide bonds. The smallest absolute Gasteiger partial charge is 0.369 e. The van der Waals surface area contributed by atoms with Crippen LogP contribution in [0, 0.1) is 23.2 Å². The van der Waals surface area contributed by atoms with Crippen molar-refractivity contribution in [2.45, 2.75) is 74.5 Å². The van der Waals surface area contributed by atoms with E-state index >= 15 is 0 Å². The molecular weight excluding hydrogens is 538 g/mol. The van der Waals surface area contributed by atoms with E-state index in [9.17, 15) is 26.5 Å². The molecule has 0 aromatic heterocycles. The second-order valence-corrected chi connectivity index (χ2v) is 14.9. The van der Waals surface area contributed by atoms with Crippen LogP contribution in [0.3, 0.4) is 0 Å². The fourth-order valence-electron chi connectivity index (χ4n) is 6.78. The molecule has 38 heavy (non-hydrogen) atoms. The molecule has 0 radical (unpaired) electrons. The van der Waals surface area contributed by atoms with Crippen LogP contribution in [-0.4, -0.2) is 62.1 Å². The van der Waals surface area contributed by atoms with Gasteiger partial charge in [0.25, 0.3) is 0 Å². The maximum atomic E-state index is 13.5. The zero-order valence-corrected chi connectivity index (χ0v) is 23.7. The van der Waals surface area contributed by atoms with Gasteiger partial charge in [0.05, 0.1) is 12.0 Å². The summed E-state index contributed by atoms with van der Waals surface area (Å²) in [5.41, 5.74) is -0.758. The summed E-state index contributed by atoms with van der Waals surface area (Å²) in [6.07, 6.45) is 5.63. The number of ether oxygens (including phenoxy) is 3.